The molecule has 0 aliphatic carbocycles. The van der Waals surface area contributed by atoms with Gasteiger partial charge in [-0.15, -0.1) is 0 Å². The molecule has 0 amide bonds. The topological polar surface area (TPSA) is 76.7 Å². The number of hydrogen-bond donors (Lipinski definition) is 1. The zero-order chi connectivity index (χ0) is 19.8. The Bertz CT molecular complexity index is 915. The van der Waals surface area contributed by atoms with Gasteiger partial charge in [0.2, 0.25) is 5.75 Å². The second-order valence-electron chi connectivity index (χ2n) is 7.58. The third kappa shape index (κ3) is 3.24. The molecule has 2 atom stereocenters. The van der Waals surface area contributed by atoms with Crippen LogP contribution < -0.4 is 19.8 Å². The summed E-state index contributed by atoms with van der Waals surface area (Å²) in [5.41, 5.74) is 2.94. The molecule has 7 heteroatoms. The van der Waals surface area contributed by atoms with Crippen molar-refractivity contribution in [3.05, 3.63) is 45.1 Å². The van der Waals surface area contributed by atoms with Crippen LogP contribution in [0.1, 0.15) is 35.5 Å². The van der Waals surface area contributed by atoms with Gasteiger partial charge in [-0.3, -0.25) is 9.69 Å². The number of methoxy groups -OCH3 is 3. The highest BCUT2D eigenvalue weighted by atomic mass is 16.5. The van der Waals surface area contributed by atoms with Crippen molar-refractivity contribution in [2.45, 2.75) is 51.2 Å². The molecule has 0 saturated carbocycles. The largest absolute Gasteiger partial charge is 0.493 e. The average Bonchev–Trinajstić information content (AvgIpc) is 2.95. The predicted octanol–water partition coefficient (Wildman–Crippen LogP) is 2.24. The number of aryl methyl sites for hydroxylation is 1. The van der Waals surface area contributed by atoms with E-state index in [1.54, 1.807) is 21.3 Å². The first-order valence-corrected chi connectivity index (χ1v) is 9.67. The van der Waals surface area contributed by atoms with Gasteiger partial charge in [0, 0.05) is 30.6 Å². The Balaban J connectivity index is 1.65. The number of ether oxygens (including phenoxy) is 3. The maximum Gasteiger partial charge on any atom is 0.254 e. The molecule has 0 radical (unpaired) electrons. The fourth-order valence-electron chi connectivity index (χ4n) is 4.66. The number of hydrogen-bond acceptors (Lipinski definition) is 6. The van der Waals surface area contributed by atoms with Gasteiger partial charge in [-0.05, 0) is 43.9 Å². The lowest BCUT2D eigenvalue weighted by molar-refractivity contribution is 0.187. The van der Waals surface area contributed by atoms with Crippen LogP contribution in [0.4, 0.5) is 0 Å². The van der Waals surface area contributed by atoms with Gasteiger partial charge in [-0.1, -0.05) is 0 Å². The summed E-state index contributed by atoms with van der Waals surface area (Å²) >= 11 is 0. The summed E-state index contributed by atoms with van der Waals surface area (Å²) in [7, 11) is 4.88. The second-order valence-corrected chi connectivity index (χ2v) is 7.58. The lowest BCUT2D eigenvalue weighted by atomic mass is 9.98. The van der Waals surface area contributed by atoms with Crippen LogP contribution in [0, 0.1) is 6.92 Å². The van der Waals surface area contributed by atoms with Gasteiger partial charge in [0.25, 0.3) is 5.56 Å². The zero-order valence-corrected chi connectivity index (χ0v) is 16.9. The Morgan fingerprint density at radius 1 is 1.07 bits per heavy atom. The number of rotatable bonds is 5. The minimum Gasteiger partial charge on any atom is -0.493 e. The van der Waals surface area contributed by atoms with Crippen LogP contribution >= 0.6 is 0 Å². The summed E-state index contributed by atoms with van der Waals surface area (Å²) in [5.74, 6) is 2.62. The van der Waals surface area contributed by atoms with Gasteiger partial charge < -0.3 is 19.2 Å². The van der Waals surface area contributed by atoms with Gasteiger partial charge >= 0.3 is 0 Å². The number of nitrogens with one attached hydrogen (secondary N) is 1. The lowest BCUT2D eigenvalue weighted by Gasteiger charge is -2.28. The van der Waals surface area contributed by atoms with Crippen molar-refractivity contribution < 1.29 is 14.2 Å². The summed E-state index contributed by atoms with van der Waals surface area (Å²) in [4.78, 5) is 22.5. The molecule has 150 valence electrons. The molecule has 4 rings (SSSR count). The van der Waals surface area contributed by atoms with Gasteiger partial charge in [0.05, 0.1) is 27.0 Å². The van der Waals surface area contributed by atoms with E-state index in [0.29, 0.717) is 35.2 Å². The van der Waals surface area contributed by atoms with E-state index in [9.17, 15) is 4.79 Å². The smallest absolute Gasteiger partial charge is 0.254 e. The summed E-state index contributed by atoms with van der Waals surface area (Å²) in [6, 6.07) is 4.75. The van der Waals surface area contributed by atoms with Gasteiger partial charge in [0.1, 0.15) is 5.82 Å². The number of fused-ring (bicyclic) bond motifs is 3. The molecule has 0 unspecified atom stereocenters. The van der Waals surface area contributed by atoms with Crippen molar-refractivity contribution in [2.75, 3.05) is 21.3 Å². The highest BCUT2D eigenvalue weighted by molar-refractivity contribution is 5.53. The Labute approximate surface area is 164 Å². The third-order valence-corrected chi connectivity index (χ3v) is 5.95. The quantitative estimate of drug-likeness (QED) is 0.851. The summed E-state index contributed by atoms with van der Waals surface area (Å²) < 4.78 is 16.4. The van der Waals surface area contributed by atoms with Gasteiger partial charge in [0.15, 0.2) is 11.5 Å². The predicted molar refractivity (Wildman–Crippen MR) is 105 cm³/mol. The zero-order valence-electron chi connectivity index (χ0n) is 16.9. The molecule has 28 heavy (non-hydrogen) atoms. The Morgan fingerprint density at radius 2 is 1.71 bits per heavy atom. The van der Waals surface area contributed by atoms with Crippen LogP contribution in [0.3, 0.4) is 0 Å². The monoisotopic (exact) mass is 385 g/mol. The molecule has 3 heterocycles. The number of aromatic nitrogens is 2. The third-order valence-electron chi connectivity index (χ3n) is 5.95. The van der Waals surface area contributed by atoms with E-state index < -0.39 is 0 Å². The van der Waals surface area contributed by atoms with Gasteiger partial charge in [-0.2, -0.15) is 0 Å². The minimum atomic E-state index is 0.0165. The van der Waals surface area contributed by atoms with E-state index in [2.05, 4.69) is 14.9 Å². The molecular weight excluding hydrogens is 358 g/mol. The molecule has 1 aromatic heterocycles. The number of H-pyrrole nitrogens is 1. The maximum absolute atomic E-state index is 12.5. The van der Waals surface area contributed by atoms with E-state index in [1.807, 2.05) is 19.1 Å². The summed E-state index contributed by atoms with van der Waals surface area (Å²) in [5, 5.41) is 0. The van der Waals surface area contributed by atoms with E-state index in [-0.39, 0.29) is 5.56 Å². The highest BCUT2D eigenvalue weighted by Crippen LogP contribution is 2.40. The Morgan fingerprint density at radius 3 is 2.32 bits per heavy atom. The number of nitrogens with zero attached hydrogens (tertiary/aromatic N) is 2. The molecule has 2 aromatic rings. The molecule has 1 saturated heterocycles. The van der Waals surface area contributed by atoms with Crippen LogP contribution in [-0.2, 0) is 19.4 Å². The van der Waals surface area contributed by atoms with Crippen LogP contribution in [0.5, 0.6) is 17.2 Å². The molecular formula is C21H27N3O4. The Kier molecular flexibility index (Phi) is 5.02. The summed E-state index contributed by atoms with van der Waals surface area (Å²) in [6.45, 7) is 2.62. The number of benzene rings is 1. The van der Waals surface area contributed by atoms with Gasteiger partial charge in [-0.25, -0.2) is 4.98 Å². The van der Waals surface area contributed by atoms with E-state index in [4.69, 9.17) is 14.2 Å². The fraction of sp³-hybridized carbons (Fsp3) is 0.524. The van der Waals surface area contributed by atoms with Crippen LogP contribution in [0.2, 0.25) is 0 Å². The fourth-order valence-corrected chi connectivity index (χ4v) is 4.66. The first-order valence-electron chi connectivity index (χ1n) is 9.67. The van der Waals surface area contributed by atoms with E-state index in [0.717, 1.165) is 49.0 Å². The molecule has 0 spiro atoms. The molecule has 2 aliphatic rings. The summed E-state index contributed by atoms with van der Waals surface area (Å²) in [6.07, 6.45) is 3.80. The van der Waals surface area contributed by atoms with Crippen molar-refractivity contribution in [3.8, 4) is 17.2 Å². The first-order chi connectivity index (χ1) is 13.5. The average molecular weight is 385 g/mol. The SMILES string of the molecule is COc1cc(CN2[C@@H]3CC[C@H]2Cc2c(nc(C)[nH]c2=O)C3)cc(OC)c1OC. The second kappa shape index (κ2) is 7.47. The lowest BCUT2D eigenvalue weighted by Crippen LogP contribution is -2.36. The van der Waals surface area contributed by atoms with Crippen molar-refractivity contribution in [2.24, 2.45) is 0 Å². The van der Waals surface area contributed by atoms with Crippen LogP contribution in [0.25, 0.3) is 0 Å². The van der Waals surface area contributed by atoms with Crippen molar-refractivity contribution in [3.63, 3.8) is 0 Å². The molecule has 2 aliphatic heterocycles. The molecule has 1 fully saturated rings. The standard InChI is InChI=1S/C21H27N3O4/c1-12-22-17-10-15-6-5-14(9-16(17)21(25)23-12)24(15)11-13-7-18(26-2)20(28-4)19(8-13)27-3/h7-8,14-15H,5-6,9-11H2,1-4H3,(H,22,23,25)/t14-,15+/m0/s1. The molecule has 2 bridgehead atoms. The first kappa shape index (κ1) is 18.8. The van der Waals surface area contributed by atoms with Crippen molar-refractivity contribution in [1.29, 1.82) is 0 Å². The van der Waals surface area contributed by atoms with Crippen LogP contribution in [0.15, 0.2) is 16.9 Å². The molecule has 1 aromatic carbocycles. The van der Waals surface area contributed by atoms with Crippen LogP contribution in [-0.4, -0.2) is 48.3 Å². The molecule has 1 N–H and O–H groups in total. The maximum atomic E-state index is 12.5. The van der Waals surface area contributed by atoms with E-state index in [1.165, 1.54) is 0 Å². The normalized spacial score (nSPS) is 21.1. The highest BCUT2D eigenvalue weighted by Gasteiger charge is 2.38. The van der Waals surface area contributed by atoms with Crippen molar-refractivity contribution >= 4 is 0 Å². The van der Waals surface area contributed by atoms with E-state index >= 15 is 0 Å². The minimum absolute atomic E-state index is 0.0165. The Hall–Kier alpha value is -2.54. The molecule has 7 nitrogen and oxygen atoms in total. The number of aromatic amines is 1. The van der Waals surface area contributed by atoms with Crippen molar-refractivity contribution in [1.82, 2.24) is 14.9 Å².